The monoisotopic (exact) mass is 392 g/mol. The van der Waals surface area contributed by atoms with Gasteiger partial charge in [0.15, 0.2) is 0 Å². The number of rotatable bonds is 6. The van der Waals surface area contributed by atoms with Crippen LogP contribution in [0.5, 0.6) is 0 Å². The Morgan fingerprint density at radius 3 is 2.19 bits per heavy atom. The lowest BCUT2D eigenvalue weighted by Gasteiger charge is -2.39. The summed E-state index contributed by atoms with van der Waals surface area (Å²) < 4.78 is 0. The molecule has 0 aliphatic carbocycles. The van der Waals surface area contributed by atoms with Crippen LogP contribution in [0.25, 0.3) is 0 Å². The molecule has 0 aromatic carbocycles. The van der Waals surface area contributed by atoms with E-state index in [0.717, 1.165) is 12.8 Å². The van der Waals surface area contributed by atoms with Crippen molar-refractivity contribution >= 4 is 30.3 Å². The second-order valence-electron chi connectivity index (χ2n) is 7.59. The molecule has 0 spiro atoms. The van der Waals surface area contributed by atoms with Crippen molar-refractivity contribution in [3.8, 4) is 0 Å². The molecule has 8 nitrogen and oxygen atoms in total. The molecular formula is C17H33ClN4O4. The van der Waals surface area contributed by atoms with Crippen molar-refractivity contribution in [1.29, 1.82) is 0 Å². The summed E-state index contributed by atoms with van der Waals surface area (Å²) in [5.41, 5.74) is -0.403. The highest BCUT2D eigenvalue weighted by atomic mass is 35.5. The molecule has 0 aromatic heterocycles. The summed E-state index contributed by atoms with van der Waals surface area (Å²) in [6, 6.07) is -0.670. The number of urea groups is 1. The number of piperidine rings is 1. The highest BCUT2D eigenvalue weighted by Crippen LogP contribution is 2.18. The first-order valence-corrected chi connectivity index (χ1v) is 8.86. The minimum atomic E-state index is -0.818. The zero-order valence-corrected chi connectivity index (χ0v) is 17.2. The number of carboxylic acids is 1. The molecule has 152 valence electrons. The maximum atomic E-state index is 12.3. The number of likely N-dealkylation sites (tertiary alicyclic amines) is 1. The Labute approximate surface area is 162 Å². The van der Waals surface area contributed by atoms with Crippen LogP contribution >= 0.6 is 12.4 Å². The van der Waals surface area contributed by atoms with E-state index in [0.29, 0.717) is 19.6 Å². The number of likely N-dealkylation sites (N-methyl/N-ethyl adjacent to an activating group) is 1. The van der Waals surface area contributed by atoms with Gasteiger partial charge in [-0.15, -0.1) is 12.4 Å². The molecule has 0 bridgehead atoms. The topological polar surface area (TPSA) is 102 Å². The van der Waals surface area contributed by atoms with Crippen LogP contribution in [0.2, 0.25) is 0 Å². The zero-order chi connectivity index (χ0) is 19.2. The molecule has 1 atom stereocenters. The lowest BCUT2D eigenvalue weighted by Crippen LogP contribution is -2.55. The largest absolute Gasteiger partial charge is 0.480 e. The predicted octanol–water partition coefficient (Wildman–Crippen LogP) is 1.29. The van der Waals surface area contributed by atoms with Crippen molar-refractivity contribution in [2.45, 2.75) is 65.1 Å². The molecule has 9 heteroatoms. The van der Waals surface area contributed by atoms with E-state index in [4.69, 9.17) is 5.11 Å². The summed E-state index contributed by atoms with van der Waals surface area (Å²) in [6.45, 7) is 11.4. The van der Waals surface area contributed by atoms with Gasteiger partial charge < -0.3 is 10.4 Å². The Bertz CT molecular complexity index is 488. The van der Waals surface area contributed by atoms with Crippen molar-refractivity contribution in [2.75, 3.05) is 26.2 Å². The third-order valence-corrected chi connectivity index (χ3v) is 4.41. The van der Waals surface area contributed by atoms with Crippen LogP contribution in [-0.4, -0.2) is 76.6 Å². The molecular weight excluding hydrogens is 360 g/mol. The van der Waals surface area contributed by atoms with E-state index in [1.165, 1.54) is 0 Å². The molecule has 1 unspecified atom stereocenters. The number of hydrogen-bond acceptors (Lipinski definition) is 5. The predicted molar refractivity (Wildman–Crippen MR) is 103 cm³/mol. The number of carbonyl (C=O) groups is 3. The lowest BCUT2D eigenvalue weighted by molar-refractivity contribution is -0.139. The fourth-order valence-corrected chi connectivity index (χ4v) is 3.07. The van der Waals surface area contributed by atoms with Crippen LogP contribution in [0.1, 0.15) is 47.5 Å². The Hall–Kier alpha value is -1.38. The van der Waals surface area contributed by atoms with E-state index in [2.05, 4.69) is 10.6 Å². The number of amides is 3. The quantitative estimate of drug-likeness (QED) is 0.629. The van der Waals surface area contributed by atoms with Gasteiger partial charge >= 0.3 is 12.0 Å². The summed E-state index contributed by atoms with van der Waals surface area (Å²) in [5.74, 6) is -1.14. The molecule has 1 fully saturated rings. The Kier molecular flexibility index (Phi) is 10.1. The maximum Gasteiger partial charge on any atom is 0.321 e. The molecule has 0 radical (unpaired) electrons. The summed E-state index contributed by atoms with van der Waals surface area (Å²) in [6.07, 6.45) is 1.62. The first-order chi connectivity index (χ1) is 11.5. The molecule has 1 saturated heterocycles. The average molecular weight is 393 g/mol. The minimum absolute atomic E-state index is 0. The highest BCUT2D eigenvalue weighted by Gasteiger charge is 2.30. The first kappa shape index (κ1) is 24.6. The second kappa shape index (κ2) is 10.7. The van der Waals surface area contributed by atoms with Gasteiger partial charge in [-0.05, 0) is 47.1 Å². The summed E-state index contributed by atoms with van der Waals surface area (Å²) in [4.78, 5) is 39.0. The summed E-state index contributed by atoms with van der Waals surface area (Å²) >= 11 is 0. The molecule has 3 amide bonds. The van der Waals surface area contributed by atoms with Gasteiger partial charge in [-0.1, -0.05) is 6.92 Å². The summed E-state index contributed by atoms with van der Waals surface area (Å²) in [5, 5.41) is 14.1. The molecule has 3 N–H and O–H groups in total. The van der Waals surface area contributed by atoms with Crippen LogP contribution in [0.3, 0.4) is 0 Å². The van der Waals surface area contributed by atoms with E-state index >= 15 is 0 Å². The molecule has 0 saturated carbocycles. The maximum absolute atomic E-state index is 12.3. The number of carbonyl (C=O) groups excluding carboxylic acids is 2. The molecule has 1 aliphatic heterocycles. The second-order valence-corrected chi connectivity index (χ2v) is 7.59. The number of hydrogen-bond donors (Lipinski definition) is 3. The number of halogens is 1. The number of carboxylic acid groups (broad SMARTS) is 1. The van der Waals surface area contributed by atoms with E-state index in [-0.39, 0.29) is 30.9 Å². The van der Waals surface area contributed by atoms with Gasteiger partial charge in [0.2, 0.25) is 5.91 Å². The number of imide groups is 1. The van der Waals surface area contributed by atoms with Gasteiger partial charge in [0.1, 0.15) is 0 Å². The Balaban J connectivity index is 0.00000625. The van der Waals surface area contributed by atoms with Gasteiger partial charge in [-0.2, -0.15) is 0 Å². The van der Waals surface area contributed by atoms with Crippen molar-refractivity contribution in [2.24, 2.45) is 0 Å². The third-order valence-electron chi connectivity index (χ3n) is 4.41. The van der Waals surface area contributed by atoms with Gasteiger partial charge in [0.05, 0.1) is 12.6 Å². The smallest absolute Gasteiger partial charge is 0.321 e. The van der Waals surface area contributed by atoms with Crippen molar-refractivity contribution in [1.82, 2.24) is 20.4 Å². The van der Waals surface area contributed by atoms with Crippen LogP contribution in [-0.2, 0) is 9.59 Å². The van der Waals surface area contributed by atoms with E-state index in [1.54, 1.807) is 6.92 Å². The van der Waals surface area contributed by atoms with Crippen LogP contribution in [0.4, 0.5) is 4.79 Å². The summed E-state index contributed by atoms with van der Waals surface area (Å²) in [7, 11) is 0. The molecule has 1 heterocycles. The van der Waals surface area contributed by atoms with E-state index in [9.17, 15) is 14.4 Å². The third kappa shape index (κ3) is 8.33. The molecule has 26 heavy (non-hydrogen) atoms. The fraction of sp³-hybridized carbons (Fsp3) is 0.824. The van der Waals surface area contributed by atoms with Gasteiger partial charge in [-0.3, -0.25) is 24.7 Å². The Morgan fingerprint density at radius 2 is 1.77 bits per heavy atom. The van der Waals surface area contributed by atoms with E-state index in [1.807, 2.05) is 37.5 Å². The lowest BCUT2D eigenvalue weighted by atomic mass is 10.0. The molecule has 1 aliphatic rings. The molecule has 1 rings (SSSR count). The van der Waals surface area contributed by atoms with Crippen molar-refractivity contribution < 1.29 is 19.5 Å². The number of aliphatic carboxylic acids is 1. The standard InChI is InChI=1S/C17H32N4O4.ClH/c1-6-20(11-14(22)23)13-7-9-21(10-8-13)12(2)15(24)18-16(25)19-17(3,4)5;/h12-13H,6-11H2,1-5H3,(H,22,23)(H2,18,19,24,25);1H. The number of nitrogens with zero attached hydrogens (tertiary/aromatic N) is 2. The van der Waals surface area contributed by atoms with Gasteiger partial charge in [0, 0.05) is 24.7 Å². The van der Waals surface area contributed by atoms with Crippen LogP contribution in [0.15, 0.2) is 0 Å². The van der Waals surface area contributed by atoms with Crippen LogP contribution in [0, 0.1) is 0 Å². The Morgan fingerprint density at radius 1 is 1.23 bits per heavy atom. The SMILES string of the molecule is CCN(CC(=O)O)C1CCN(C(C)C(=O)NC(=O)NC(C)(C)C)CC1.Cl. The fourth-order valence-electron chi connectivity index (χ4n) is 3.07. The van der Waals surface area contributed by atoms with Crippen molar-refractivity contribution in [3.63, 3.8) is 0 Å². The minimum Gasteiger partial charge on any atom is -0.480 e. The van der Waals surface area contributed by atoms with E-state index < -0.39 is 23.6 Å². The highest BCUT2D eigenvalue weighted by molar-refractivity contribution is 5.97. The normalized spacial score (nSPS) is 17.3. The van der Waals surface area contributed by atoms with Gasteiger partial charge in [0.25, 0.3) is 0 Å². The van der Waals surface area contributed by atoms with Crippen LogP contribution < -0.4 is 10.6 Å². The zero-order valence-electron chi connectivity index (χ0n) is 16.4. The molecule has 0 aromatic rings. The first-order valence-electron chi connectivity index (χ1n) is 8.86. The van der Waals surface area contributed by atoms with Crippen molar-refractivity contribution in [3.05, 3.63) is 0 Å². The number of nitrogens with one attached hydrogen (secondary N) is 2. The average Bonchev–Trinajstić information content (AvgIpc) is 2.49. The van der Waals surface area contributed by atoms with Gasteiger partial charge in [-0.25, -0.2) is 4.79 Å².